The van der Waals surface area contributed by atoms with Crippen LogP contribution in [-0.4, -0.2) is 73.3 Å². The van der Waals surface area contributed by atoms with Crippen molar-refractivity contribution in [3.05, 3.63) is 35.9 Å². The molecule has 1 fully saturated rings. The molecule has 0 bridgehead atoms. The number of ether oxygens (including phenoxy) is 1. The molecular formula is C26H40N4O3. The SMILES string of the molecule is CC(C)N(C)c1onc(-c2ccccc2)c1CN(CCN1CCOCC1)C(=O)CC(C)(C)C. The van der Waals surface area contributed by atoms with Crippen LogP contribution in [0.4, 0.5) is 5.88 Å². The van der Waals surface area contributed by atoms with Crippen LogP contribution in [0.1, 0.15) is 46.6 Å². The van der Waals surface area contributed by atoms with Crippen molar-refractivity contribution in [2.24, 2.45) is 5.41 Å². The molecule has 182 valence electrons. The highest BCUT2D eigenvalue weighted by molar-refractivity contribution is 5.78. The van der Waals surface area contributed by atoms with E-state index in [1.807, 2.05) is 42.3 Å². The molecule has 0 N–H and O–H groups in total. The van der Waals surface area contributed by atoms with Crippen molar-refractivity contribution >= 4 is 11.8 Å². The van der Waals surface area contributed by atoms with E-state index in [1.165, 1.54) is 0 Å². The fourth-order valence-electron chi connectivity index (χ4n) is 3.91. The minimum absolute atomic E-state index is 0.0806. The van der Waals surface area contributed by atoms with Gasteiger partial charge in [-0.3, -0.25) is 9.69 Å². The van der Waals surface area contributed by atoms with Crippen LogP contribution < -0.4 is 4.90 Å². The predicted octanol–water partition coefficient (Wildman–Crippen LogP) is 4.28. The number of nitrogens with zero attached hydrogens (tertiary/aromatic N) is 4. The van der Waals surface area contributed by atoms with Gasteiger partial charge in [-0.15, -0.1) is 0 Å². The fourth-order valence-corrected chi connectivity index (χ4v) is 3.91. The van der Waals surface area contributed by atoms with Crippen LogP contribution in [0.15, 0.2) is 34.9 Å². The third-order valence-corrected chi connectivity index (χ3v) is 6.08. The summed E-state index contributed by atoms with van der Waals surface area (Å²) in [7, 11) is 2.01. The summed E-state index contributed by atoms with van der Waals surface area (Å²) in [6.07, 6.45) is 0.497. The van der Waals surface area contributed by atoms with Crippen LogP contribution >= 0.6 is 0 Å². The molecule has 1 amide bonds. The van der Waals surface area contributed by atoms with Crippen LogP contribution in [-0.2, 0) is 16.1 Å². The van der Waals surface area contributed by atoms with Crippen molar-refractivity contribution in [3.8, 4) is 11.3 Å². The second-order valence-electron chi connectivity index (χ2n) is 10.4. The summed E-state index contributed by atoms with van der Waals surface area (Å²) in [5, 5.41) is 4.45. The largest absolute Gasteiger partial charge is 0.379 e. The van der Waals surface area contributed by atoms with Crippen molar-refractivity contribution < 1.29 is 14.1 Å². The fraction of sp³-hybridized carbons (Fsp3) is 0.615. The summed E-state index contributed by atoms with van der Waals surface area (Å²) in [5.74, 6) is 0.887. The van der Waals surface area contributed by atoms with Gasteiger partial charge in [-0.05, 0) is 19.3 Å². The summed E-state index contributed by atoms with van der Waals surface area (Å²) in [4.78, 5) is 19.9. The molecule has 0 atom stereocenters. The smallest absolute Gasteiger partial charge is 0.232 e. The number of hydrogen-bond acceptors (Lipinski definition) is 6. The molecular weight excluding hydrogens is 416 g/mol. The average Bonchev–Trinajstić information content (AvgIpc) is 3.19. The molecule has 1 saturated heterocycles. The van der Waals surface area contributed by atoms with Crippen molar-refractivity contribution in [1.82, 2.24) is 15.0 Å². The van der Waals surface area contributed by atoms with Gasteiger partial charge >= 0.3 is 0 Å². The number of morpholine rings is 1. The second kappa shape index (κ2) is 11.2. The Morgan fingerprint density at radius 1 is 1.15 bits per heavy atom. The number of rotatable bonds is 9. The zero-order chi connectivity index (χ0) is 24.0. The normalized spacial score (nSPS) is 15.1. The van der Waals surface area contributed by atoms with Gasteiger partial charge in [0.05, 0.1) is 25.3 Å². The van der Waals surface area contributed by atoms with Crippen LogP contribution in [0, 0.1) is 5.41 Å². The number of carbonyl (C=O) groups excluding carboxylic acids is 1. The Morgan fingerprint density at radius 3 is 2.42 bits per heavy atom. The molecule has 7 heteroatoms. The van der Waals surface area contributed by atoms with Crippen LogP contribution in [0.5, 0.6) is 0 Å². The summed E-state index contributed by atoms with van der Waals surface area (Å²) in [6, 6.07) is 10.3. The van der Waals surface area contributed by atoms with E-state index in [4.69, 9.17) is 9.26 Å². The van der Waals surface area contributed by atoms with Crippen molar-refractivity contribution in [2.45, 2.75) is 53.6 Å². The van der Waals surface area contributed by atoms with E-state index in [0.29, 0.717) is 19.5 Å². The number of aromatic nitrogens is 1. The van der Waals surface area contributed by atoms with Crippen molar-refractivity contribution in [2.75, 3.05) is 51.3 Å². The van der Waals surface area contributed by atoms with Crippen LogP contribution in [0.2, 0.25) is 0 Å². The minimum Gasteiger partial charge on any atom is -0.379 e. The molecule has 2 heterocycles. The maximum absolute atomic E-state index is 13.4. The lowest BCUT2D eigenvalue weighted by atomic mass is 9.91. The van der Waals surface area contributed by atoms with E-state index in [0.717, 1.165) is 55.6 Å². The minimum atomic E-state index is -0.0806. The van der Waals surface area contributed by atoms with Crippen LogP contribution in [0.3, 0.4) is 0 Å². The molecule has 1 aromatic carbocycles. The third-order valence-electron chi connectivity index (χ3n) is 6.08. The van der Waals surface area contributed by atoms with Gasteiger partial charge in [-0.2, -0.15) is 0 Å². The van der Waals surface area contributed by atoms with E-state index in [-0.39, 0.29) is 17.4 Å². The van der Waals surface area contributed by atoms with Gasteiger partial charge in [0.2, 0.25) is 11.8 Å². The zero-order valence-corrected chi connectivity index (χ0v) is 21.1. The standard InChI is InChI=1S/C26H40N4O3/c1-20(2)28(6)25-22(24(27-33-25)21-10-8-7-9-11-21)19-30(23(31)18-26(3,4)5)13-12-29-14-16-32-17-15-29/h7-11,20H,12-19H2,1-6H3. The third kappa shape index (κ3) is 7.05. The molecule has 1 aliphatic heterocycles. The number of anilines is 1. The molecule has 3 rings (SSSR count). The van der Waals surface area contributed by atoms with E-state index in [9.17, 15) is 4.79 Å². The Labute approximate surface area is 198 Å². The highest BCUT2D eigenvalue weighted by Gasteiger charge is 2.28. The van der Waals surface area contributed by atoms with Gasteiger partial charge in [-0.25, -0.2) is 0 Å². The molecule has 0 unspecified atom stereocenters. The molecule has 33 heavy (non-hydrogen) atoms. The number of hydrogen-bond donors (Lipinski definition) is 0. The molecule has 0 aliphatic carbocycles. The van der Waals surface area contributed by atoms with Gasteiger partial charge in [0.15, 0.2) is 0 Å². The summed E-state index contributed by atoms with van der Waals surface area (Å²) >= 11 is 0. The average molecular weight is 457 g/mol. The first-order valence-electron chi connectivity index (χ1n) is 12.0. The lowest BCUT2D eigenvalue weighted by Gasteiger charge is -2.32. The van der Waals surface area contributed by atoms with Gasteiger partial charge in [0, 0.05) is 51.3 Å². The first-order chi connectivity index (χ1) is 15.7. The monoisotopic (exact) mass is 456 g/mol. The quantitative estimate of drug-likeness (QED) is 0.561. The van der Waals surface area contributed by atoms with Gasteiger partial charge in [0.1, 0.15) is 5.69 Å². The summed E-state index contributed by atoms with van der Waals surface area (Å²) < 4.78 is 11.3. The lowest BCUT2D eigenvalue weighted by molar-refractivity contribution is -0.134. The molecule has 0 saturated carbocycles. The Bertz CT molecular complexity index is 883. The Hall–Kier alpha value is -2.38. The summed E-state index contributed by atoms with van der Waals surface area (Å²) in [6.45, 7) is 15.9. The molecule has 0 spiro atoms. The maximum atomic E-state index is 13.4. The first kappa shape index (κ1) is 25.2. The molecule has 2 aromatic rings. The van der Waals surface area contributed by atoms with Gasteiger partial charge < -0.3 is 19.1 Å². The molecule has 1 aliphatic rings. The zero-order valence-electron chi connectivity index (χ0n) is 21.1. The predicted molar refractivity (Wildman–Crippen MR) is 132 cm³/mol. The molecule has 7 nitrogen and oxygen atoms in total. The number of benzene rings is 1. The van der Waals surface area contributed by atoms with E-state index in [2.05, 4.69) is 49.6 Å². The van der Waals surface area contributed by atoms with Gasteiger partial charge in [0.25, 0.3) is 0 Å². The first-order valence-corrected chi connectivity index (χ1v) is 12.0. The topological polar surface area (TPSA) is 62.1 Å². The number of amides is 1. The maximum Gasteiger partial charge on any atom is 0.232 e. The Balaban J connectivity index is 1.91. The van der Waals surface area contributed by atoms with Crippen LogP contribution in [0.25, 0.3) is 11.3 Å². The Kier molecular flexibility index (Phi) is 8.54. The second-order valence-corrected chi connectivity index (χ2v) is 10.4. The lowest BCUT2D eigenvalue weighted by Crippen LogP contribution is -2.43. The van der Waals surface area contributed by atoms with Crippen molar-refractivity contribution in [1.29, 1.82) is 0 Å². The highest BCUT2D eigenvalue weighted by Crippen LogP contribution is 2.33. The van der Waals surface area contributed by atoms with E-state index >= 15 is 0 Å². The van der Waals surface area contributed by atoms with E-state index in [1.54, 1.807) is 0 Å². The Morgan fingerprint density at radius 2 is 1.82 bits per heavy atom. The van der Waals surface area contributed by atoms with E-state index < -0.39 is 0 Å². The highest BCUT2D eigenvalue weighted by atomic mass is 16.5. The van der Waals surface area contributed by atoms with Crippen molar-refractivity contribution in [3.63, 3.8) is 0 Å². The van der Waals surface area contributed by atoms with Gasteiger partial charge in [-0.1, -0.05) is 56.3 Å². The molecule has 1 aromatic heterocycles. The summed E-state index contributed by atoms with van der Waals surface area (Å²) in [5.41, 5.74) is 2.68. The number of carbonyl (C=O) groups is 1. The molecule has 0 radical (unpaired) electrons.